The number of piperidine rings is 1. The molecule has 1 saturated heterocycles. The van der Waals surface area contributed by atoms with E-state index in [1.54, 1.807) is 7.11 Å². The second kappa shape index (κ2) is 11.0. The van der Waals surface area contributed by atoms with E-state index in [9.17, 15) is 0 Å². The zero-order valence-electron chi connectivity index (χ0n) is 17.3. The SMILES string of the molecule is C=C(C)CN1CCC(NC(=NCc2nnc(C)n2C)NCCCOC)CC1. The molecule has 8 nitrogen and oxygen atoms in total. The first kappa shape index (κ1) is 21.4. The summed E-state index contributed by atoms with van der Waals surface area (Å²) in [4.78, 5) is 7.19. The molecule has 1 aliphatic rings. The number of nitrogens with zero attached hydrogens (tertiary/aromatic N) is 5. The van der Waals surface area contributed by atoms with E-state index in [-0.39, 0.29) is 0 Å². The van der Waals surface area contributed by atoms with Gasteiger partial charge in [0.25, 0.3) is 0 Å². The summed E-state index contributed by atoms with van der Waals surface area (Å²) >= 11 is 0. The smallest absolute Gasteiger partial charge is 0.191 e. The minimum absolute atomic E-state index is 0.432. The van der Waals surface area contributed by atoms with Gasteiger partial charge in [0.1, 0.15) is 12.4 Å². The van der Waals surface area contributed by atoms with E-state index < -0.39 is 0 Å². The fourth-order valence-electron chi connectivity index (χ4n) is 3.12. The molecule has 2 rings (SSSR count). The van der Waals surface area contributed by atoms with E-state index in [2.05, 4.69) is 39.2 Å². The molecular weight excluding hydrogens is 342 g/mol. The number of likely N-dealkylation sites (tertiary alicyclic amines) is 1. The third-order valence-electron chi connectivity index (χ3n) is 4.80. The number of rotatable bonds is 9. The molecule has 152 valence electrons. The van der Waals surface area contributed by atoms with Crippen LogP contribution in [0.3, 0.4) is 0 Å². The van der Waals surface area contributed by atoms with Crippen molar-refractivity contribution in [2.45, 2.75) is 45.7 Å². The maximum Gasteiger partial charge on any atom is 0.191 e. The summed E-state index contributed by atoms with van der Waals surface area (Å²) in [5, 5.41) is 15.3. The van der Waals surface area contributed by atoms with Crippen molar-refractivity contribution in [3.8, 4) is 0 Å². The Morgan fingerprint density at radius 1 is 1.33 bits per heavy atom. The van der Waals surface area contributed by atoms with E-state index in [0.29, 0.717) is 12.6 Å². The maximum atomic E-state index is 5.13. The Morgan fingerprint density at radius 3 is 2.67 bits per heavy atom. The maximum absolute atomic E-state index is 5.13. The van der Waals surface area contributed by atoms with Crippen molar-refractivity contribution in [2.75, 3.05) is 39.9 Å². The molecule has 0 unspecified atom stereocenters. The van der Waals surface area contributed by atoms with E-state index in [1.165, 1.54) is 5.57 Å². The molecule has 1 aliphatic heterocycles. The van der Waals surface area contributed by atoms with Crippen LogP contribution in [0.2, 0.25) is 0 Å². The van der Waals surface area contributed by atoms with Crippen molar-refractivity contribution in [3.05, 3.63) is 23.8 Å². The van der Waals surface area contributed by atoms with E-state index in [4.69, 9.17) is 9.73 Å². The largest absolute Gasteiger partial charge is 0.385 e. The number of nitrogens with one attached hydrogen (secondary N) is 2. The van der Waals surface area contributed by atoms with Crippen LogP contribution >= 0.6 is 0 Å². The topological polar surface area (TPSA) is 79.6 Å². The first-order chi connectivity index (χ1) is 13.0. The van der Waals surface area contributed by atoms with Gasteiger partial charge in [0.2, 0.25) is 0 Å². The number of ether oxygens (including phenoxy) is 1. The third kappa shape index (κ3) is 7.30. The Bertz CT molecular complexity index is 618. The third-order valence-corrected chi connectivity index (χ3v) is 4.80. The highest BCUT2D eigenvalue weighted by Crippen LogP contribution is 2.11. The molecule has 2 heterocycles. The number of hydrogen-bond acceptors (Lipinski definition) is 5. The van der Waals surface area contributed by atoms with Crippen LogP contribution in [0.15, 0.2) is 17.1 Å². The predicted molar refractivity (Wildman–Crippen MR) is 109 cm³/mol. The summed E-state index contributed by atoms with van der Waals surface area (Å²) in [6, 6.07) is 0.432. The number of hydrogen-bond donors (Lipinski definition) is 2. The minimum Gasteiger partial charge on any atom is -0.385 e. The zero-order valence-corrected chi connectivity index (χ0v) is 17.3. The second-order valence-corrected chi connectivity index (χ2v) is 7.31. The standard InChI is InChI=1S/C19H35N7O/c1-15(2)14-26-10-7-17(8-11-26)22-19(20-9-6-12-27-5)21-13-18-24-23-16(3)25(18)4/h17H,1,6-14H2,2-5H3,(H2,20,21,22). The molecule has 0 radical (unpaired) electrons. The Labute approximate surface area is 163 Å². The lowest BCUT2D eigenvalue weighted by Crippen LogP contribution is -2.49. The van der Waals surface area contributed by atoms with Crippen LogP contribution in [0.25, 0.3) is 0 Å². The van der Waals surface area contributed by atoms with Crippen LogP contribution in [0.4, 0.5) is 0 Å². The highest BCUT2D eigenvalue weighted by molar-refractivity contribution is 5.80. The van der Waals surface area contributed by atoms with Crippen LogP contribution < -0.4 is 10.6 Å². The molecular formula is C19H35N7O. The Balaban J connectivity index is 1.90. The van der Waals surface area contributed by atoms with E-state index >= 15 is 0 Å². The molecule has 27 heavy (non-hydrogen) atoms. The monoisotopic (exact) mass is 377 g/mol. The zero-order chi connectivity index (χ0) is 19.6. The number of aromatic nitrogens is 3. The molecule has 0 spiro atoms. The summed E-state index contributed by atoms with van der Waals surface area (Å²) in [5.74, 6) is 2.60. The molecule has 0 aromatic carbocycles. The Morgan fingerprint density at radius 2 is 2.07 bits per heavy atom. The first-order valence-corrected chi connectivity index (χ1v) is 9.75. The van der Waals surface area contributed by atoms with Gasteiger partial charge in [-0.25, -0.2) is 4.99 Å². The second-order valence-electron chi connectivity index (χ2n) is 7.31. The molecule has 2 N–H and O–H groups in total. The van der Waals surface area contributed by atoms with Crippen LogP contribution in [0.5, 0.6) is 0 Å². The molecule has 0 bridgehead atoms. The van der Waals surface area contributed by atoms with Crippen molar-refractivity contribution in [3.63, 3.8) is 0 Å². The Kier molecular flexibility index (Phi) is 8.74. The van der Waals surface area contributed by atoms with Gasteiger partial charge >= 0.3 is 0 Å². The number of methoxy groups -OCH3 is 1. The quantitative estimate of drug-likeness (QED) is 0.292. The Hall–Kier alpha value is -1.93. The van der Waals surface area contributed by atoms with Crippen molar-refractivity contribution < 1.29 is 4.74 Å². The number of aliphatic imine (C=N–C) groups is 1. The fourth-order valence-corrected chi connectivity index (χ4v) is 3.12. The molecule has 1 fully saturated rings. The highest BCUT2D eigenvalue weighted by atomic mass is 16.5. The van der Waals surface area contributed by atoms with Gasteiger partial charge in [-0.1, -0.05) is 12.2 Å². The summed E-state index contributed by atoms with van der Waals surface area (Å²) in [5.41, 5.74) is 1.22. The van der Waals surface area contributed by atoms with E-state index in [1.807, 2.05) is 18.5 Å². The van der Waals surface area contributed by atoms with Gasteiger partial charge in [-0.05, 0) is 33.1 Å². The molecule has 0 aliphatic carbocycles. The van der Waals surface area contributed by atoms with Crippen molar-refractivity contribution in [1.82, 2.24) is 30.3 Å². The first-order valence-electron chi connectivity index (χ1n) is 9.75. The molecule has 1 aromatic rings. The fraction of sp³-hybridized carbons (Fsp3) is 0.737. The summed E-state index contributed by atoms with van der Waals surface area (Å²) in [6.07, 6.45) is 3.15. The lowest BCUT2D eigenvalue weighted by Gasteiger charge is -2.33. The van der Waals surface area contributed by atoms with Crippen LogP contribution in [0.1, 0.15) is 37.8 Å². The summed E-state index contributed by atoms with van der Waals surface area (Å²) in [6.45, 7) is 13.3. The summed E-state index contributed by atoms with van der Waals surface area (Å²) in [7, 11) is 3.69. The molecule has 0 atom stereocenters. The van der Waals surface area contributed by atoms with Gasteiger partial charge in [0.05, 0.1) is 0 Å². The van der Waals surface area contributed by atoms with E-state index in [0.717, 1.165) is 69.7 Å². The minimum atomic E-state index is 0.432. The van der Waals surface area contributed by atoms with Gasteiger partial charge in [-0.15, -0.1) is 10.2 Å². The molecule has 0 amide bonds. The lowest BCUT2D eigenvalue weighted by atomic mass is 10.0. The van der Waals surface area contributed by atoms with Crippen LogP contribution in [-0.2, 0) is 18.3 Å². The van der Waals surface area contributed by atoms with Crippen molar-refractivity contribution in [2.24, 2.45) is 12.0 Å². The van der Waals surface area contributed by atoms with Gasteiger partial charge in [0, 0.05) is 53.0 Å². The number of guanidine groups is 1. The average Bonchev–Trinajstić information content (AvgIpc) is 2.96. The normalized spacial score (nSPS) is 16.5. The van der Waals surface area contributed by atoms with Crippen LogP contribution in [-0.4, -0.2) is 71.6 Å². The molecule has 1 aromatic heterocycles. The molecule has 8 heteroatoms. The highest BCUT2D eigenvalue weighted by Gasteiger charge is 2.20. The predicted octanol–water partition coefficient (Wildman–Crippen LogP) is 1.24. The van der Waals surface area contributed by atoms with Crippen LogP contribution in [0, 0.1) is 6.92 Å². The molecule has 0 saturated carbocycles. The summed E-state index contributed by atoms with van der Waals surface area (Å²) < 4.78 is 7.10. The van der Waals surface area contributed by atoms with Gasteiger partial charge in [0.15, 0.2) is 11.8 Å². The number of aryl methyl sites for hydroxylation is 1. The average molecular weight is 378 g/mol. The van der Waals surface area contributed by atoms with Crippen molar-refractivity contribution in [1.29, 1.82) is 0 Å². The van der Waals surface area contributed by atoms with Gasteiger partial charge in [-0.2, -0.15) is 0 Å². The lowest BCUT2D eigenvalue weighted by molar-refractivity contribution is 0.195. The van der Waals surface area contributed by atoms with Gasteiger partial charge < -0.3 is 19.9 Å². The van der Waals surface area contributed by atoms with Crippen molar-refractivity contribution >= 4 is 5.96 Å². The van der Waals surface area contributed by atoms with Gasteiger partial charge in [-0.3, -0.25) is 4.90 Å².